The van der Waals surface area contributed by atoms with E-state index in [1.54, 1.807) is 11.4 Å². The summed E-state index contributed by atoms with van der Waals surface area (Å²) in [5.74, 6) is 0.635. The van der Waals surface area contributed by atoms with Crippen molar-refractivity contribution in [1.82, 2.24) is 9.62 Å². The number of hydrogen-bond donors (Lipinski definition) is 1. The summed E-state index contributed by atoms with van der Waals surface area (Å²) in [6, 6.07) is 0. The molecular formula is C14H30N2O3S. The second-order valence-electron chi connectivity index (χ2n) is 5.59. The molecule has 1 atom stereocenters. The third-order valence-corrected chi connectivity index (χ3v) is 5.63. The number of nitrogens with zero attached hydrogens (tertiary/aromatic N) is 1. The van der Waals surface area contributed by atoms with Crippen LogP contribution in [0.25, 0.3) is 0 Å². The second kappa shape index (κ2) is 9.71. The highest BCUT2D eigenvalue weighted by atomic mass is 32.2. The lowest BCUT2D eigenvalue weighted by Crippen LogP contribution is -2.42. The smallest absolute Gasteiger partial charge is 0.214 e. The summed E-state index contributed by atoms with van der Waals surface area (Å²) in [5.41, 5.74) is 0. The van der Waals surface area contributed by atoms with Gasteiger partial charge >= 0.3 is 0 Å². The zero-order valence-corrected chi connectivity index (χ0v) is 13.8. The summed E-state index contributed by atoms with van der Waals surface area (Å²) in [6.45, 7) is 6.02. The van der Waals surface area contributed by atoms with E-state index >= 15 is 0 Å². The molecule has 20 heavy (non-hydrogen) atoms. The van der Waals surface area contributed by atoms with Gasteiger partial charge in [-0.2, -0.15) is 0 Å². The largest absolute Gasteiger partial charge is 0.384 e. The Morgan fingerprint density at radius 1 is 1.30 bits per heavy atom. The zero-order chi connectivity index (χ0) is 14.8. The number of nitrogens with one attached hydrogen (secondary N) is 1. The van der Waals surface area contributed by atoms with Crippen LogP contribution in [0, 0.1) is 5.92 Å². The molecule has 1 unspecified atom stereocenters. The Morgan fingerprint density at radius 3 is 2.80 bits per heavy atom. The van der Waals surface area contributed by atoms with Crippen LogP contribution in [0.1, 0.15) is 39.0 Å². The van der Waals surface area contributed by atoms with Crippen LogP contribution < -0.4 is 5.32 Å². The lowest BCUT2D eigenvalue weighted by Gasteiger charge is -2.31. The number of rotatable bonds is 10. The van der Waals surface area contributed by atoms with Gasteiger partial charge in [-0.1, -0.05) is 6.92 Å². The first-order valence-corrected chi connectivity index (χ1v) is 9.38. The number of methoxy groups -OCH3 is 1. The molecule has 1 rings (SSSR count). The van der Waals surface area contributed by atoms with E-state index in [1.807, 2.05) is 0 Å². The maximum Gasteiger partial charge on any atom is 0.214 e. The van der Waals surface area contributed by atoms with Crippen molar-refractivity contribution in [3.05, 3.63) is 0 Å². The van der Waals surface area contributed by atoms with Crippen LogP contribution in [0.2, 0.25) is 0 Å². The molecule has 1 fully saturated rings. The van der Waals surface area contributed by atoms with Gasteiger partial charge in [-0.25, -0.2) is 12.7 Å². The van der Waals surface area contributed by atoms with Crippen LogP contribution in [-0.2, 0) is 14.8 Å². The first-order chi connectivity index (χ1) is 9.60. The van der Waals surface area contributed by atoms with Crippen LogP contribution >= 0.6 is 0 Å². The fraction of sp³-hybridized carbons (Fsp3) is 1.00. The molecule has 1 N–H and O–H groups in total. The van der Waals surface area contributed by atoms with Gasteiger partial charge in [0.25, 0.3) is 0 Å². The fourth-order valence-corrected chi connectivity index (χ4v) is 4.29. The number of unbranched alkanes of at least 4 members (excludes halogenated alkanes) is 1. The topological polar surface area (TPSA) is 58.6 Å². The van der Waals surface area contributed by atoms with E-state index in [1.165, 1.54) is 0 Å². The third-order valence-electron chi connectivity index (χ3n) is 3.71. The molecular weight excluding hydrogens is 276 g/mol. The fourth-order valence-electron chi connectivity index (χ4n) is 2.62. The quantitative estimate of drug-likeness (QED) is 0.621. The van der Waals surface area contributed by atoms with Crippen LogP contribution in [-0.4, -0.2) is 58.4 Å². The van der Waals surface area contributed by atoms with Crippen molar-refractivity contribution >= 4 is 10.0 Å². The van der Waals surface area contributed by atoms with Gasteiger partial charge in [-0.15, -0.1) is 0 Å². The summed E-state index contributed by atoms with van der Waals surface area (Å²) in [6.07, 6.45) is 4.80. The molecule has 1 aliphatic heterocycles. The molecule has 0 spiro atoms. The highest BCUT2D eigenvalue weighted by Crippen LogP contribution is 2.20. The molecule has 1 heterocycles. The number of ether oxygens (including phenoxy) is 1. The van der Waals surface area contributed by atoms with Gasteiger partial charge in [-0.3, -0.25) is 0 Å². The summed E-state index contributed by atoms with van der Waals surface area (Å²) < 4.78 is 31.4. The molecule has 0 aromatic heterocycles. The molecule has 0 saturated carbocycles. The van der Waals surface area contributed by atoms with Gasteiger partial charge in [-0.05, 0) is 51.1 Å². The van der Waals surface area contributed by atoms with Gasteiger partial charge in [0.2, 0.25) is 10.0 Å². The van der Waals surface area contributed by atoms with Gasteiger partial charge in [0.1, 0.15) is 0 Å². The molecule has 5 nitrogen and oxygen atoms in total. The van der Waals surface area contributed by atoms with E-state index < -0.39 is 10.0 Å². The first kappa shape index (κ1) is 17.9. The second-order valence-corrected chi connectivity index (χ2v) is 7.68. The molecule has 0 amide bonds. The summed E-state index contributed by atoms with van der Waals surface area (Å²) >= 11 is 0. The van der Waals surface area contributed by atoms with E-state index in [9.17, 15) is 8.42 Å². The van der Waals surface area contributed by atoms with Crippen molar-refractivity contribution in [2.45, 2.75) is 39.0 Å². The first-order valence-electron chi connectivity index (χ1n) is 7.77. The molecule has 6 heteroatoms. The monoisotopic (exact) mass is 306 g/mol. The Balaban J connectivity index is 2.28. The summed E-state index contributed by atoms with van der Waals surface area (Å²) in [7, 11) is -1.40. The van der Waals surface area contributed by atoms with E-state index in [4.69, 9.17) is 4.74 Å². The molecule has 0 aliphatic carbocycles. The number of piperidine rings is 1. The molecule has 1 aliphatic rings. The van der Waals surface area contributed by atoms with Crippen molar-refractivity contribution in [1.29, 1.82) is 0 Å². The minimum Gasteiger partial charge on any atom is -0.384 e. The van der Waals surface area contributed by atoms with Crippen molar-refractivity contribution in [3.63, 3.8) is 0 Å². The summed E-state index contributed by atoms with van der Waals surface area (Å²) in [4.78, 5) is 0. The predicted molar refractivity (Wildman–Crippen MR) is 82.4 cm³/mol. The predicted octanol–water partition coefficient (Wildman–Crippen LogP) is 1.45. The van der Waals surface area contributed by atoms with Crippen molar-refractivity contribution < 1.29 is 13.2 Å². The Labute approximate surface area is 124 Å². The highest BCUT2D eigenvalue weighted by Gasteiger charge is 2.28. The average Bonchev–Trinajstić information content (AvgIpc) is 2.43. The van der Waals surface area contributed by atoms with Gasteiger partial charge in [0.15, 0.2) is 0 Å². The normalized spacial score (nSPS) is 21.2. The van der Waals surface area contributed by atoms with Crippen molar-refractivity contribution in [2.75, 3.05) is 45.6 Å². The van der Waals surface area contributed by atoms with Crippen LogP contribution in [0.15, 0.2) is 0 Å². The minimum absolute atomic E-state index is 0.278. The Morgan fingerprint density at radius 2 is 2.10 bits per heavy atom. The Hall–Kier alpha value is -0.170. The lowest BCUT2D eigenvalue weighted by atomic mass is 10.0. The third kappa shape index (κ3) is 6.52. The van der Waals surface area contributed by atoms with E-state index in [2.05, 4.69) is 12.2 Å². The zero-order valence-electron chi connectivity index (χ0n) is 12.9. The van der Waals surface area contributed by atoms with E-state index in [0.29, 0.717) is 25.6 Å². The molecule has 120 valence electrons. The SMILES string of the molecule is CCCNCCCCS(=O)(=O)N1CCCC(COC)C1. The highest BCUT2D eigenvalue weighted by molar-refractivity contribution is 7.89. The maximum absolute atomic E-state index is 12.3. The molecule has 0 bridgehead atoms. The van der Waals surface area contributed by atoms with Gasteiger partial charge in [0, 0.05) is 20.2 Å². The average molecular weight is 306 g/mol. The van der Waals surface area contributed by atoms with Gasteiger partial charge < -0.3 is 10.1 Å². The van der Waals surface area contributed by atoms with Crippen LogP contribution in [0.4, 0.5) is 0 Å². The maximum atomic E-state index is 12.3. The number of sulfonamides is 1. The minimum atomic E-state index is -3.08. The molecule has 0 radical (unpaired) electrons. The van der Waals surface area contributed by atoms with Crippen molar-refractivity contribution in [2.24, 2.45) is 5.92 Å². The molecule has 1 saturated heterocycles. The van der Waals surface area contributed by atoms with Gasteiger partial charge in [0.05, 0.1) is 12.4 Å². The standard InChI is InChI=1S/C14H30N2O3S/c1-3-8-15-9-4-5-11-20(17,18)16-10-6-7-14(12-16)13-19-2/h14-15H,3-13H2,1-2H3. The Bertz CT molecular complexity index is 344. The Kier molecular flexibility index (Phi) is 8.68. The van der Waals surface area contributed by atoms with Crippen molar-refractivity contribution in [3.8, 4) is 0 Å². The lowest BCUT2D eigenvalue weighted by molar-refractivity contribution is 0.118. The van der Waals surface area contributed by atoms with Crippen LogP contribution in [0.3, 0.4) is 0 Å². The van der Waals surface area contributed by atoms with E-state index in [-0.39, 0.29) is 5.75 Å². The van der Waals surface area contributed by atoms with Crippen LogP contribution in [0.5, 0.6) is 0 Å². The van der Waals surface area contributed by atoms with E-state index in [0.717, 1.165) is 45.2 Å². The molecule has 0 aromatic rings. The number of hydrogen-bond acceptors (Lipinski definition) is 4. The molecule has 0 aromatic carbocycles. The summed E-state index contributed by atoms with van der Waals surface area (Å²) in [5, 5.41) is 3.30.